The summed E-state index contributed by atoms with van der Waals surface area (Å²) in [4.78, 5) is 12.0. The number of nitrogens with zero attached hydrogens (tertiary/aromatic N) is 1. The van der Waals surface area contributed by atoms with Crippen molar-refractivity contribution >= 4 is 28.6 Å². The van der Waals surface area contributed by atoms with Gasteiger partial charge in [-0.05, 0) is 37.5 Å². The second-order valence-corrected chi connectivity index (χ2v) is 5.31. The van der Waals surface area contributed by atoms with Crippen LogP contribution in [0.25, 0.3) is 10.9 Å². The first-order chi connectivity index (χ1) is 8.70. The number of carbonyl (C=O) groups is 1. The molecule has 5 heteroatoms. The topological polar surface area (TPSA) is 57.8 Å². The number of hydrogen-bond donors (Lipinski definition) is 2. The first-order valence-electron chi connectivity index (χ1n) is 5.93. The summed E-state index contributed by atoms with van der Waals surface area (Å²) in [6.07, 6.45) is 4.80. The lowest BCUT2D eigenvalue weighted by Crippen LogP contribution is -2.32. The van der Waals surface area contributed by atoms with E-state index in [1.54, 1.807) is 18.0 Å². The van der Waals surface area contributed by atoms with Crippen molar-refractivity contribution in [1.29, 1.82) is 0 Å². The van der Waals surface area contributed by atoms with Crippen LogP contribution in [0.2, 0.25) is 0 Å². The van der Waals surface area contributed by atoms with Crippen LogP contribution >= 0.6 is 11.8 Å². The molecule has 0 saturated carbocycles. The van der Waals surface area contributed by atoms with Gasteiger partial charge in [-0.2, -0.15) is 16.9 Å². The highest BCUT2D eigenvalue weighted by Crippen LogP contribution is 2.13. The molecule has 0 aliphatic carbocycles. The Kier molecular flexibility index (Phi) is 4.25. The number of hydrogen-bond acceptors (Lipinski definition) is 3. The van der Waals surface area contributed by atoms with Crippen LogP contribution in [0.3, 0.4) is 0 Å². The van der Waals surface area contributed by atoms with E-state index in [2.05, 4.69) is 21.8 Å². The minimum absolute atomic E-state index is 0.0277. The molecule has 2 aromatic rings. The highest BCUT2D eigenvalue weighted by atomic mass is 32.2. The fourth-order valence-electron chi connectivity index (χ4n) is 1.75. The number of carbonyl (C=O) groups excluding carboxylic acids is 1. The van der Waals surface area contributed by atoms with Gasteiger partial charge in [-0.15, -0.1) is 0 Å². The molecular weight excluding hydrogens is 246 g/mol. The van der Waals surface area contributed by atoms with Crippen molar-refractivity contribution < 1.29 is 4.79 Å². The first-order valence-corrected chi connectivity index (χ1v) is 7.33. The molecule has 1 amide bonds. The molecule has 2 rings (SSSR count). The summed E-state index contributed by atoms with van der Waals surface area (Å²) in [5.41, 5.74) is 1.56. The standard InChI is InChI=1S/C13H17N3OS/c1-9(5-6-18-2)15-13(17)10-3-4-11-8-14-16-12(11)7-10/h3-4,7-9H,5-6H2,1-2H3,(H,14,16)(H,15,17). The van der Waals surface area contributed by atoms with Gasteiger partial charge in [0.15, 0.2) is 0 Å². The van der Waals surface area contributed by atoms with Crippen molar-refractivity contribution in [2.45, 2.75) is 19.4 Å². The van der Waals surface area contributed by atoms with Gasteiger partial charge in [0.1, 0.15) is 0 Å². The Bertz CT molecular complexity index is 538. The lowest BCUT2D eigenvalue weighted by Gasteiger charge is -2.13. The third-order valence-corrected chi connectivity index (χ3v) is 3.48. The molecule has 1 atom stereocenters. The van der Waals surface area contributed by atoms with Gasteiger partial charge in [-0.25, -0.2) is 0 Å². The van der Waals surface area contributed by atoms with Gasteiger partial charge in [-0.1, -0.05) is 6.07 Å². The van der Waals surface area contributed by atoms with E-state index in [1.165, 1.54) is 0 Å². The monoisotopic (exact) mass is 263 g/mol. The van der Waals surface area contributed by atoms with Crippen molar-refractivity contribution in [3.8, 4) is 0 Å². The lowest BCUT2D eigenvalue weighted by molar-refractivity contribution is 0.0939. The summed E-state index contributed by atoms with van der Waals surface area (Å²) in [5, 5.41) is 10.8. The van der Waals surface area contributed by atoms with Crippen LogP contribution in [-0.2, 0) is 0 Å². The van der Waals surface area contributed by atoms with E-state index >= 15 is 0 Å². The van der Waals surface area contributed by atoms with E-state index in [9.17, 15) is 4.79 Å². The van der Waals surface area contributed by atoms with Gasteiger partial charge in [0.25, 0.3) is 5.91 Å². The Morgan fingerprint density at radius 3 is 3.17 bits per heavy atom. The van der Waals surface area contributed by atoms with Crippen LogP contribution < -0.4 is 5.32 Å². The highest BCUT2D eigenvalue weighted by Gasteiger charge is 2.10. The van der Waals surface area contributed by atoms with Gasteiger partial charge in [0, 0.05) is 17.0 Å². The van der Waals surface area contributed by atoms with E-state index < -0.39 is 0 Å². The molecule has 2 N–H and O–H groups in total. The maximum absolute atomic E-state index is 12.0. The second kappa shape index (κ2) is 5.91. The van der Waals surface area contributed by atoms with Crippen LogP contribution in [0.15, 0.2) is 24.4 Å². The van der Waals surface area contributed by atoms with E-state index in [0.29, 0.717) is 5.56 Å². The molecule has 4 nitrogen and oxygen atoms in total. The SMILES string of the molecule is CSCCC(C)NC(=O)c1ccc2cn[nH]c2c1. The van der Waals surface area contributed by atoms with Crippen LogP contribution in [0.5, 0.6) is 0 Å². The summed E-state index contributed by atoms with van der Waals surface area (Å²) in [6, 6.07) is 5.76. The van der Waals surface area contributed by atoms with E-state index in [0.717, 1.165) is 23.1 Å². The molecule has 0 saturated heterocycles. The third kappa shape index (κ3) is 3.04. The Morgan fingerprint density at radius 1 is 1.56 bits per heavy atom. The Balaban J connectivity index is 2.03. The van der Waals surface area contributed by atoms with Gasteiger partial charge in [0.05, 0.1) is 11.7 Å². The molecule has 0 bridgehead atoms. The van der Waals surface area contributed by atoms with Crippen LogP contribution in [0.4, 0.5) is 0 Å². The Morgan fingerprint density at radius 2 is 2.39 bits per heavy atom. The number of rotatable bonds is 5. The molecule has 1 aromatic carbocycles. The van der Waals surface area contributed by atoms with E-state index in [4.69, 9.17) is 0 Å². The van der Waals surface area contributed by atoms with Gasteiger partial charge < -0.3 is 5.32 Å². The average molecular weight is 263 g/mol. The summed E-state index contributed by atoms with van der Waals surface area (Å²) in [6.45, 7) is 2.03. The van der Waals surface area contributed by atoms with Gasteiger partial charge in [0.2, 0.25) is 0 Å². The molecule has 96 valence electrons. The molecule has 18 heavy (non-hydrogen) atoms. The number of aromatic nitrogens is 2. The molecule has 0 aliphatic heterocycles. The predicted octanol–water partition coefficient (Wildman–Crippen LogP) is 2.43. The fourth-order valence-corrected chi connectivity index (χ4v) is 2.34. The number of amides is 1. The second-order valence-electron chi connectivity index (χ2n) is 4.33. The number of fused-ring (bicyclic) bond motifs is 1. The van der Waals surface area contributed by atoms with Crippen molar-refractivity contribution in [1.82, 2.24) is 15.5 Å². The van der Waals surface area contributed by atoms with Crippen molar-refractivity contribution in [2.75, 3.05) is 12.0 Å². The minimum Gasteiger partial charge on any atom is -0.350 e. The predicted molar refractivity (Wildman–Crippen MR) is 76.0 cm³/mol. The van der Waals surface area contributed by atoms with Crippen molar-refractivity contribution in [3.05, 3.63) is 30.0 Å². The van der Waals surface area contributed by atoms with Crippen LogP contribution in [0.1, 0.15) is 23.7 Å². The zero-order chi connectivity index (χ0) is 13.0. The largest absolute Gasteiger partial charge is 0.350 e. The summed E-state index contributed by atoms with van der Waals surface area (Å²) in [7, 11) is 0. The molecule has 0 spiro atoms. The van der Waals surface area contributed by atoms with E-state index in [-0.39, 0.29) is 11.9 Å². The maximum Gasteiger partial charge on any atom is 0.251 e. The fraction of sp³-hybridized carbons (Fsp3) is 0.385. The van der Waals surface area contributed by atoms with Crippen LogP contribution in [0, 0.1) is 0 Å². The molecule has 1 aromatic heterocycles. The summed E-state index contributed by atoms with van der Waals surface area (Å²) in [5.74, 6) is 1.03. The number of benzene rings is 1. The Hall–Kier alpha value is -1.49. The van der Waals surface area contributed by atoms with Crippen molar-refractivity contribution in [2.24, 2.45) is 0 Å². The minimum atomic E-state index is -0.0277. The molecule has 1 heterocycles. The summed E-state index contributed by atoms with van der Waals surface area (Å²) < 4.78 is 0. The lowest BCUT2D eigenvalue weighted by atomic mass is 10.1. The van der Waals surface area contributed by atoms with Gasteiger partial charge in [-0.3, -0.25) is 9.89 Å². The van der Waals surface area contributed by atoms with Gasteiger partial charge >= 0.3 is 0 Å². The van der Waals surface area contributed by atoms with Crippen LogP contribution in [-0.4, -0.2) is 34.2 Å². The molecule has 0 aliphatic rings. The summed E-state index contributed by atoms with van der Waals surface area (Å²) >= 11 is 1.79. The van der Waals surface area contributed by atoms with Crippen molar-refractivity contribution in [3.63, 3.8) is 0 Å². The zero-order valence-electron chi connectivity index (χ0n) is 10.6. The smallest absolute Gasteiger partial charge is 0.251 e. The first kappa shape index (κ1) is 13.0. The number of thioether (sulfide) groups is 1. The maximum atomic E-state index is 12.0. The zero-order valence-corrected chi connectivity index (χ0v) is 11.4. The highest BCUT2D eigenvalue weighted by molar-refractivity contribution is 7.98. The quantitative estimate of drug-likeness (QED) is 0.871. The molecular formula is C13H17N3OS. The molecule has 0 radical (unpaired) electrons. The number of nitrogens with one attached hydrogen (secondary N) is 2. The third-order valence-electron chi connectivity index (χ3n) is 2.84. The van der Waals surface area contributed by atoms with E-state index in [1.807, 2.05) is 25.1 Å². The number of H-pyrrole nitrogens is 1. The molecule has 1 unspecified atom stereocenters. The number of aromatic amines is 1. The normalized spacial score (nSPS) is 12.6. The average Bonchev–Trinajstić information content (AvgIpc) is 2.83. The Labute approximate surface area is 111 Å². The molecule has 0 fully saturated rings.